The fraction of sp³-hybridized carbons (Fsp3) is 0.533. The smallest absolute Gasteiger partial charge is 0.305 e. The monoisotopic (exact) mass is 249 g/mol. The summed E-state index contributed by atoms with van der Waals surface area (Å²) in [6, 6.07) is 6.55. The largest absolute Gasteiger partial charge is 0.469 e. The van der Waals surface area contributed by atoms with E-state index in [1.54, 1.807) is 0 Å². The summed E-state index contributed by atoms with van der Waals surface area (Å²) in [5, 5.41) is 0. The lowest BCUT2D eigenvalue weighted by atomic mass is 10.1. The standard InChI is InChI=1S/C15H23NO2/c1-12-7-8-14(10-13(12)2)11-16(3)9-5-6-15(17)18-4/h7-8,10H,5-6,9,11H2,1-4H3. The molecule has 0 amide bonds. The molecule has 18 heavy (non-hydrogen) atoms. The third kappa shape index (κ3) is 4.88. The van der Waals surface area contributed by atoms with Crippen LogP contribution in [-0.2, 0) is 16.1 Å². The van der Waals surface area contributed by atoms with Crippen LogP contribution in [0.5, 0.6) is 0 Å². The summed E-state index contributed by atoms with van der Waals surface area (Å²) in [6.45, 7) is 6.08. The van der Waals surface area contributed by atoms with Gasteiger partial charge in [-0.25, -0.2) is 0 Å². The highest BCUT2D eigenvalue weighted by Crippen LogP contribution is 2.11. The zero-order valence-electron chi connectivity index (χ0n) is 11.8. The predicted octanol–water partition coefficient (Wildman–Crippen LogP) is 2.69. The third-order valence-corrected chi connectivity index (χ3v) is 3.17. The molecule has 0 N–H and O–H groups in total. The maximum Gasteiger partial charge on any atom is 0.305 e. The lowest BCUT2D eigenvalue weighted by Gasteiger charge is -2.17. The number of esters is 1. The van der Waals surface area contributed by atoms with Gasteiger partial charge in [-0.15, -0.1) is 0 Å². The van der Waals surface area contributed by atoms with Crippen LogP contribution >= 0.6 is 0 Å². The zero-order valence-corrected chi connectivity index (χ0v) is 11.8. The van der Waals surface area contributed by atoms with Crippen molar-refractivity contribution in [3.8, 4) is 0 Å². The molecule has 1 aromatic rings. The third-order valence-electron chi connectivity index (χ3n) is 3.17. The number of methoxy groups -OCH3 is 1. The molecule has 0 atom stereocenters. The van der Waals surface area contributed by atoms with Crippen LogP contribution in [0.2, 0.25) is 0 Å². The number of hydrogen-bond acceptors (Lipinski definition) is 3. The molecule has 0 unspecified atom stereocenters. The van der Waals surface area contributed by atoms with Crippen LogP contribution in [0.1, 0.15) is 29.5 Å². The minimum atomic E-state index is -0.130. The molecule has 0 radical (unpaired) electrons. The molecule has 0 aliphatic carbocycles. The van der Waals surface area contributed by atoms with Crippen LogP contribution in [0.3, 0.4) is 0 Å². The van der Waals surface area contributed by atoms with Gasteiger partial charge in [0.1, 0.15) is 0 Å². The molecule has 0 spiro atoms. The Morgan fingerprint density at radius 2 is 2.00 bits per heavy atom. The van der Waals surface area contributed by atoms with E-state index in [9.17, 15) is 4.79 Å². The number of rotatable bonds is 6. The van der Waals surface area contributed by atoms with Gasteiger partial charge in [-0.05, 0) is 50.6 Å². The van der Waals surface area contributed by atoms with Gasteiger partial charge >= 0.3 is 5.97 Å². The first-order valence-corrected chi connectivity index (χ1v) is 6.34. The molecule has 100 valence electrons. The first kappa shape index (κ1) is 14.7. The summed E-state index contributed by atoms with van der Waals surface area (Å²) in [6.07, 6.45) is 1.34. The van der Waals surface area contributed by atoms with Gasteiger partial charge in [0.25, 0.3) is 0 Å². The molecule has 3 heteroatoms. The Labute approximate surface area is 110 Å². The van der Waals surface area contributed by atoms with Crippen LogP contribution in [0, 0.1) is 13.8 Å². The summed E-state index contributed by atoms with van der Waals surface area (Å²) >= 11 is 0. The van der Waals surface area contributed by atoms with E-state index < -0.39 is 0 Å². The van der Waals surface area contributed by atoms with Crippen molar-refractivity contribution in [3.05, 3.63) is 34.9 Å². The van der Waals surface area contributed by atoms with Gasteiger partial charge in [0.2, 0.25) is 0 Å². The molecule has 0 saturated heterocycles. The topological polar surface area (TPSA) is 29.5 Å². The van der Waals surface area contributed by atoms with Crippen LogP contribution in [0.4, 0.5) is 0 Å². The van der Waals surface area contributed by atoms with Gasteiger partial charge in [0.15, 0.2) is 0 Å². The van der Waals surface area contributed by atoms with Crippen molar-refractivity contribution in [1.29, 1.82) is 0 Å². The number of carbonyl (C=O) groups excluding carboxylic acids is 1. The fourth-order valence-electron chi connectivity index (χ4n) is 1.89. The van der Waals surface area contributed by atoms with Gasteiger partial charge in [0.05, 0.1) is 7.11 Å². The lowest BCUT2D eigenvalue weighted by Crippen LogP contribution is -2.20. The Morgan fingerprint density at radius 1 is 1.28 bits per heavy atom. The molecular weight excluding hydrogens is 226 g/mol. The van der Waals surface area contributed by atoms with Crippen molar-refractivity contribution in [1.82, 2.24) is 4.90 Å². The maximum absolute atomic E-state index is 11.0. The highest BCUT2D eigenvalue weighted by molar-refractivity contribution is 5.69. The van der Waals surface area contributed by atoms with E-state index in [0.717, 1.165) is 19.5 Å². The second-order valence-electron chi connectivity index (χ2n) is 4.84. The molecule has 0 bridgehead atoms. The summed E-state index contributed by atoms with van der Waals surface area (Å²) in [7, 11) is 3.51. The van der Waals surface area contributed by atoms with E-state index in [1.165, 1.54) is 23.8 Å². The van der Waals surface area contributed by atoms with E-state index in [-0.39, 0.29) is 5.97 Å². The van der Waals surface area contributed by atoms with Crippen molar-refractivity contribution in [2.24, 2.45) is 0 Å². The van der Waals surface area contributed by atoms with Crippen LogP contribution in [-0.4, -0.2) is 31.6 Å². The summed E-state index contributed by atoms with van der Waals surface area (Å²) in [4.78, 5) is 13.2. The van der Waals surface area contributed by atoms with Gasteiger partial charge in [-0.1, -0.05) is 18.2 Å². The van der Waals surface area contributed by atoms with Crippen molar-refractivity contribution >= 4 is 5.97 Å². The van der Waals surface area contributed by atoms with Crippen LogP contribution in [0.15, 0.2) is 18.2 Å². The SMILES string of the molecule is COC(=O)CCCN(C)Cc1ccc(C)c(C)c1. The molecule has 0 aromatic heterocycles. The highest BCUT2D eigenvalue weighted by Gasteiger charge is 2.04. The molecule has 1 rings (SSSR count). The highest BCUT2D eigenvalue weighted by atomic mass is 16.5. The fourth-order valence-corrected chi connectivity index (χ4v) is 1.89. The van der Waals surface area contributed by atoms with Gasteiger partial charge in [0, 0.05) is 13.0 Å². The lowest BCUT2D eigenvalue weighted by molar-refractivity contribution is -0.140. The number of aryl methyl sites for hydroxylation is 2. The van der Waals surface area contributed by atoms with Crippen molar-refractivity contribution in [2.45, 2.75) is 33.2 Å². The Kier molecular flexibility index (Phi) is 5.86. The molecule has 0 fully saturated rings. The van der Waals surface area contributed by atoms with E-state index >= 15 is 0 Å². The Balaban J connectivity index is 2.37. The minimum absolute atomic E-state index is 0.130. The molecule has 3 nitrogen and oxygen atoms in total. The molecule has 0 aliphatic heterocycles. The molecule has 0 aliphatic rings. The number of carbonyl (C=O) groups is 1. The normalized spacial score (nSPS) is 10.7. The molecule has 0 heterocycles. The molecule has 0 saturated carbocycles. The first-order valence-electron chi connectivity index (χ1n) is 6.34. The van der Waals surface area contributed by atoms with E-state index in [0.29, 0.717) is 6.42 Å². The Bertz CT molecular complexity index is 401. The number of hydrogen-bond donors (Lipinski definition) is 0. The second-order valence-corrected chi connectivity index (χ2v) is 4.84. The Morgan fingerprint density at radius 3 is 2.61 bits per heavy atom. The van der Waals surface area contributed by atoms with Crippen molar-refractivity contribution in [3.63, 3.8) is 0 Å². The van der Waals surface area contributed by atoms with E-state index in [2.05, 4.69) is 48.7 Å². The van der Waals surface area contributed by atoms with Gasteiger partial charge < -0.3 is 9.64 Å². The number of nitrogens with zero attached hydrogens (tertiary/aromatic N) is 1. The van der Waals surface area contributed by atoms with E-state index in [4.69, 9.17) is 0 Å². The second kappa shape index (κ2) is 7.17. The van der Waals surface area contributed by atoms with Crippen molar-refractivity contribution in [2.75, 3.05) is 20.7 Å². The maximum atomic E-state index is 11.0. The van der Waals surface area contributed by atoms with E-state index in [1.807, 2.05) is 0 Å². The minimum Gasteiger partial charge on any atom is -0.469 e. The van der Waals surface area contributed by atoms with Gasteiger partial charge in [-0.2, -0.15) is 0 Å². The first-order chi connectivity index (χ1) is 8.52. The quantitative estimate of drug-likeness (QED) is 0.726. The average Bonchev–Trinajstić information content (AvgIpc) is 2.33. The summed E-state index contributed by atoms with van der Waals surface area (Å²) in [5.74, 6) is -0.130. The average molecular weight is 249 g/mol. The number of ether oxygens (including phenoxy) is 1. The molecular formula is C15H23NO2. The van der Waals surface area contributed by atoms with Crippen molar-refractivity contribution < 1.29 is 9.53 Å². The zero-order chi connectivity index (χ0) is 13.5. The van der Waals surface area contributed by atoms with Gasteiger partial charge in [-0.3, -0.25) is 4.79 Å². The van der Waals surface area contributed by atoms with Crippen LogP contribution in [0.25, 0.3) is 0 Å². The summed E-state index contributed by atoms with van der Waals surface area (Å²) in [5.41, 5.74) is 3.97. The number of benzene rings is 1. The molecule has 1 aromatic carbocycles. The predicted molar refractivity (Wildman–Crippen MR) is 73.5 cm³/mol. The Hall–Kier alpha value is -1.35. The van der Waals surface area contributed by atoms with Crippen LogP contribution < -0.4 is 0 Å². The summed E-state index contributed by atoms with van der Waals surface area (Å²) < 4.78 is 4.62.